The Labute approximate surface area is 113 Å². The second kappa shape index (κ2) is 5.42. The lowest BCUT2D eigenvalue weighted by molar-refractivity contribution is 0.305. The number of ether oxygens (including phenoxy) is 1. The molecule has 0 unspecified atom stereocenters. The van der Waals surface area contributed by atoms with Crippen molar-refractivity contribution in [2.75, 3.05) is 5.73 Å². The molecule has 3 nitrogen and oxygen atoms in total. The van der Waals surface area contributed by atoms with Crippen LogP contribution >= 0.6 is 23.2 Å². The van der Waals surface area contributed by atoms with Crippen LogP contribution in [0, 0.1) is 5.82 Å². The van der Waals surface area contributed by atoms with Crippen LogP contribution in [0.4, 0.5) is 10.2 Å². The number of nitrogen functional groups attached to an aromatic ring is 1. The largest absolute Gasteiger partial charge is 0.489 e. The molecule has 0 amide bonds. The van der Waals surface area contributed by atoms with E-state index in [0.29, 0.717) is 22.2 Å². The topological polar surface area (TPSA) is 48.1 Å². The minimum absolute atomic E-state index is 0.0375. The third-order valence-electron chi connectivity index (χ3n) is 2.27. The van der Waals surface area contributed by atoms with Gasteiger partial charge in [0.1, 0.15) is 24.0 Å². The molecule has 2 rings (SSSR count). The summed E-state index contributed by atoms with van der Waals surface area (Å²) in [4.78, 5) is 3.83. The first-order valence-electron chi connectivity index (χ1n) is 5.04. The third kappa shape index (κ3) is 2.83. The Morgan fingerprint density at radius 1 is 1.28 bits per heavy atom. The predicted octanol–water partition coefficient (Wildman–Crippen LogP) is 3.69. The lowest BCUT2D eigenvalue weighted by Gasteiger charge is -2.10. The molecule has 0 aliphatic heterocycles. The summed E-state index contributed by atoms with van der Waals surface area (Å²) in [6, 6.07) is 5.83. The van der Waals surface area contributed by atoms with Crippen molar-refractivity contribution in [3.05, 3.63) is 51.9 Å². The summed E-state index contributed by atoms with van der Waals surface area (Å²) < 4.78 is 18.7. The van der Waals surface area contributed by atoms with E-state index in [2.05, 4.69) is 4.98 Å². The monoisotopic (exact) mass is 286 g/mol. The lowest BCUT2D eigenvalue weighted by atomic mass is 10.2. The molecule has 0 radical (unpaired) electrons. The second-order valence-corrected chi connectivity index (χ2v) is 4.31. The zero-order valence-corrected chi connectivity index (χ0v) is 10.7. The molecule has 2 N–H and O–H groups in total. The Balaban J connectivity index is 2.18. The highest BCUT2D eigenvalue weighted by atomic mass is 35.5. The molecule has 0 aliphatic rings. The molecule has 0 fully saturated rings. The van der Waals surface area contributed by atoms with E-state index in [0.717, 1.165) is 0 Å². The summed E-state index contributed by atoms with van der Waals surface area (Å²) in [7, 11) is 0. The van der Waals surface area contributed by atoms with E-state index in [4.69, 9.17) is 33.7 Å². The average Bonchev–Trinajstić information content (AvgIpc) is 2.34. The fourth-order valence-electron chi connectivity index (χ4n) is 1.37. The Morgan fingerprint density at radius 2 is 2.06 bits per heavy atom. The number of hydrogen-bond acceptors (Lipinski definition) is 3. The van der Waals surface area contributed by atoms with E-state index in [9.17, 15) is 4.39 Å². The van der Waals surface area contributed by atoms with Gasteiger partial charge in [0, 0.05) is 22.8 Å². The van der Waals surface area contributed by atoms with Gasteiger partial charge >= 0.3 is 0 Å². The minimum Gasteiger partial charge on any atom is -0.489 e. The Hall–Kier alpha value is -1.52. The molecule has 1 heterocycles. The van der Waals surface area contributed by atoms with Crippen LogP contribution in [-0.4, -0.2) is 4.98 Å². The zero-order valence-electron chi connectivity index (χ0n) is 9.16. The van der Waals surface area contributed by atoms with Gasteiger partial charge in [-0.2, -0.15) is 0 Å². The first-order valence-corrected chi connectivity index (χ1v) is 5.80. The van der Waals surface area contributed by atoms with Crippen LogP contribution in [0.2, 0.25) is 10.0 Å². The van der Waals surface area contributed by atoms with E-state index < -0.39 is 5.82 Å². The molecule has 0 atom stereocenters. The normalized spacial score (nSPS) is 10.4. The first-order chi connectivity index (χ1) is 8.58. The van der Waals surface area contributed by atoms with Crippen LogP contribution in [0.15, 0.2) is 30.5 Å². The number of rotatable bonds is 3. The number of hydrogen-bond donors (Lipinski definition) is 1. The number of anilines is 1. The summed E-state index contributed by atoms with van der Waals surface area (Å²) in [6.07, 6.45) is 1.51. The SMILES string of the molecule is Nc1cc(OCc2c(Cl)ccc(F)c2Cl)ccn1. The maximum Gasteiger partial charge on any atom is 0.142 e. The molecule has 2 aromatic rings. The molecule has 0 aliphatic carbocycles. The molecule has 1 aromatic heterocycles. The number of aromatic nitrogens is 1. The van der Waals surface area contributed by atoms with E-state index in [1.54, 1.807) is 12.1 Å². The Morgan fingerprint density at radius 3 is 2.78 bits per heavy atom. The number of halogens is 3. The van der Waals surface area contributed by atoms with Crippen molar-refractivity contribution < 1.29 is 9.13 Å². The summed E-state index contributed by atoms with van der Waals surface area (Å²) in [5, 5.41) is 0.313. The zero-order chi connectivity index (χ0) is 13.1. The highest BCUT2D eigenvalue weighted by Gasteiger charge is 2.11. The smallest absolute Gasteiger partial charge is 0.142 e. The van der Waals surface area contributed by atoms with Crippen molar-refractivity contribution in [1.82, 2.24) is 4.98 Å². The average molecular weight is 287 g/mol. The summed E-state index contributed by atoms with van der Waals surface area (Å²) in [5.41, 5.74) is 5.91. The van der Waals surface area contributed by atoms with Crippen LogP contribution in [-0.2, 0) is 6.61 Å². The standard InChI is InChI=1S/C12H9Cl2FN2O/c13-9-1-2-10(15)12(14)8(9)6-18-7-3-4-17-11(16)5-7/h1-5H,6H2,(H2,16,17). The molecule has 6 heteroatoms. The summed E-state index contributed by atoms with van der Waals surface area (Å²) in [5.74, 6) is 0.316. The molecule has 0 saturated heterocycles. The molecule has 18 heavy (non-hydrogen) atoms. The Kier molecular flexibility index (Phi) is 3.89. The molecule has 0 bridgehead atoms. The van der Waals surface area contributed by atoms with Gasteiger partial charge in [0.2, 0.25) is 0 Å². The van der Waals surface area contributed by atoms with Crippen molar-refractivity contribution in [2.45, 2.75) is 6.61 Å². The van der Waals surface area contributed by atoms with Gasteiger partial charge in [0.15, 0.2) is 0 Å². The van der Waals surface area contributed by atoms with Crippen LogP contribution in [0.5, 0.6) is 5.75 Å². The van der Waals surface area contributed by atoms with Gasteiger partial charge in [-0.1, -0.05) is 23.2 Å². The van der Waals surface area contributed by atoms with Crippen LogP contribution in [0.1, 0.15) is 5.56 Å². The van der Waals surface area contributed by atoms with Gasteiger partial charge in [0.25, 0.3) is 0 Å². The molecule has 0 saturated carbocycles. The van der Waals surface area contributed by atoms with Crippen LogP contribution in [0.3, 0.4) is 0 Å². The minimum atomic E-state index is -0.533. The van der Waals surface area contributed by atoms with Crippen molar-refractivity contribution >= 4 is 29.0 Å². The number of nitrogens with zero attached hydrogens (tertiary/aromatic N) is 1. The fraction of sp³-hybridized carbons (Fsp3) is 0.0833. The first kappa shape index (κ1) is 12.9. The highest BCUT2D eigenvalue weighted by Crippen LogP contribution is 2.28. The number of nitrogens with two attached hydrogens (primary N) is 1. The molecular weight excluding hydrogens is 278 g/mol. The van der Waals surface area contributed by atoms with Gasteiger partial charge in [-0.25, -0.2) is 9.37 Å². The van der Waals surface area contributed by atoms with E-state index in [1.807, 2.05) is 0 Å². The Bertz CT molecular complexity index is 578. The molecule has 0 spiro atoms. The fourth-order valence-corrected chi connectivity index (χ4v) is 1.85. The van der Waals surface area contributed by atoms with Gasteiger partial charge < -0.3 is 10.5 Å². The van der Waals surface area contributed by atoms with Crippen LogP contribution in [0.25, 0.3) is 0 Å². The van der Waals surface area contributed by atoms with Crippen molar-refractivity contribution in [2.24, 2.45) is 0 Å². The maximum atomic E-state index is 13.3. The second-order valence-electron chi connectivity index (χ2n) is 3.53. The van der Waals surface area contributed by atoms with E-state index in [-0.39, 0.29) is 11.6 Å². The number of pyridine rings is 1. The van der Waals surface area contributed by atoms with Gasteiger partial charge in [-0.3, -0.25) is 0 Å². The quantitative estimate of drug-likeness (QED) is 0.876. The third-order valence-corrected chi connectivity index (χ3v) is 3.04. The number of benzene rings is 1. The predicted molar refractivity (Wildman–Crippen MR) is 69.4 cm³/mol. The van der Waals surface area contributed by atoms with Crippen LogP contribution < -0.4 is 10.5 Å². The van der Waals surface area contributed by atoms with Crippen molar-refractivity contribution in [1.29, 1.82) is 0 Å². The van der Waals surface area contributed by atoms with Crippen molar-refractivity contribution in [3.8, 4) is 5.75 Å². The highest BCUT2D eigenvalue weighted by molar-refractivity contribution is 6.36. The van der Waals surface area contributed by atoms with Gasteiger partial charge in [-0.05, 0) is 18.2 Å². The molecule has 1 aromatic carbocycles. The van der Waals surface area contributed by atoms with E-state index in [1.165, 1.54) is 18.3 Å². The van der Waals surface area contributed by atoms with E-state index >= 15 is 0 Å². The van der Waals surface area contributed by atoms with Gasteiger partial charge in [-0.15, -0.1) is 0 Å². The summed E-state index contributed by atoms with van der Waals surface area (Å²) in [6.45, 7) is 0.0544. The lowest BCUT2D eigenvalue weighted by Crippen LogP contribution is -2.00. The molecule has 94 valence electrons. The van der Waals surface area contributed by atoms with Crippen molar-refractivity contribution in [3.63, 3.8) is 0 Å². The summed E-state index contributed by atoms with van der Waals surface area (Å²) >= 11 is 11.8. The maximum absolute atomic E-state index is 13.3. The molecular formula is C12H9Cl2FN2O. The van der Waals surface area contributed by atoms with Gasteiger partial charge in [0.05, 0.1) is 5.02 Å².